The molecule has 0 bridgehead atoms. The predicted octanol–water partition coefficient (Wildman–Crippen LogP) is 1.87. The van der Waals surface area contributed by atoms with Gasteiger partial charge in [0.2, 0.25) is 5.91 Å². The number of esters is 1. The smallest absolute Gasteiger partial charge is 0.311 e. The normalized spacial score (nSPS) is 17.6. The molecule has 0 aromatic rings. The Labute approximate surface area is 125 Å². The van der Waals surface area contributed by atoms with Crippen molar-refractivity contribution in [2.24, 2.45) is 5.41 Å². The van der Waals surface area contributed by atoms with E-state index in [0.29, 0.717) is 19.4 Å². The molecule has 6 heteroatoms. The van der Waals surface area contributed by atoms with E-state index in [1.807, 2.05) is 0 Å². The summed E-state index contributed by atoms with van der Waals surface area (Å²) in [4.78, 5) is 34.5. The molecule has 1 amide bonds. The van der Waals surface area contributed by atoms with E-state index in [0.717, 1.165) is 25.7 Å². The molecule has 2 N–H and O–H groups in total. The van der Waals surface area contributed by atoms with Gasteiger partial charge in [0, 0.05) is 13.0 Å². The lowest BCUT2D eigenvalue weighted by molar-refractivity contribution is -0.150. The van der Waals surface area contributed by atoms with Crippen LogP contribution in [0.4, 0.5) is 0 Å². The van der Waals surface area contributed by atoms with Crippen LogP contribution < -0.4 is 5.32 Å². The summed E-state index contributed by atoms with van der Waals surface area (Å²) in [5, 5.41) is 12.2. The number of hydrogen-bond donors (Lipinski definition) is 2. The van der Waals surface area contributed by atoms with Crippen LogP contribution in [0.1, 0.15) is 58.3 Å². The van der Waals surface area contributed by atoms with E-state index in [-0.39, 0.29) is 25.3 Å². The second-order valence-corrected chi connectivity index (χ2v) is 5.58. The van der Waals surface area contributed by atoms with Crippen LogP contribution in [0.25, 0.3) is 0 Å². The van der Waals surface area contributed by atoms with E-state index in [9.17, 15) is 19.5 Å². The fraction of sp³-hybridized carbons (Fsp3) is 0.800. The number of aliphatic carboxylic acids is 1. The lowest BCUT2D eigenvalue weighted by Gasteiger charge is -2.28. The summed E-state index contributed by atoms with van der Waals surface area (Å²) in [5.74, 6) is -1.54. The summed E-state index contributed by atoms with van der Waals surface area (Å²) in [5.41, 5.74) is -0.851. The van der Waals surface area contributed by atoms with Gasteiger partial charge >= 0.3 is 11.9 Å². The summed E-state index contributed by atoms with van der Waals surface area (Å²) in [6.07, 6.45) is 5.11. The van der Waals surface area contributed by atoms with Crippen LogP contribution in [-0.4, -0.2) is 36.1 Å². The maximum atomic E-state index is 11.7. The summed E-state index contributed by atoms with van der Waals surface area (Å²) in [6, 6.07) is 0. The first-order valence-electron chi connectivity index (χ1n) is 7.66. The van der Waals surface area contributed by atoms with Crippen LogP contribution in [0.2, 0.25) is 0 Å². The van der Waals surface area contributed by atoms with Crippen LogP contribution in [0.3, 0.4) is 0 Å². The summed E-state index contributed by atoms with van der Waals surface area (Å²) >= 11 is 0. The lowest BCUT2D eigenvalue weighted by Crippen LogP contribution is -2.43. The van der Waals surface area contributed by atoms with Crippen molar-refractivity contribution in [2.75, 3.05) is 13.2 Å². The Morgan fingerprint density at radius 1 is 1.10 bits per heavy atom. The van der Waals surface area contributed by atoms with Crippen molar-refractivity contribution >= 4 is 17.8 Å². The Kier molecular flexibility index (Phi) is 7.19. The Bertz CT molecular complexity index is 372. The van der Waals surface area contributed by atoms with E-state index in [1.165, 1.54) is 0 Å². The Morgan fingerprint density at radius 2 is 1.71 bits per heavy atom. The molecule has 1 saturated carbocycles. The SMILES string of the molecule is CCOC(=O)CCC(=O)NCC1(C(=O)O)CCCCCC1. The van der Waals surface area contributed by atoms with Crippen LogP contribution in [0.15, 0.2) is 0 Å². The van der Waals surface area contributed by atoms with Crippen molar-refractivity contribution in [1.29, 1.82) is 0 Å². The fourth-order valence-corrected chi connectivity index (χ4v) is 2.68. The van der Waals surface area contributed by atoms with E-state index < -0.39 is 17.4 Å². The number of carboxylic acids is 1. The van der Waals surface area contributed by atoms with E-state index in [4.69, 9.17) is 4.74 Å². The highest BCUT2D eigenvalue weighted by Crippen LogP contribution is 2.34. The van der Waals surface area contributed by atoms with Crippen molar-refractivity contribution in [3.05, 3.63) is 0 Å². The molecule has 1 aliphatic rings. The standard InChI is InChI=1S/C15H25NO5/c1-2-21-13(18)8-7-12(17)16-11-15(14(19)20)9-5-3-4-6-10-15/h2-11H2,1H3,(H,16,17)(H,19,20). The zero-order valence-electron chi connectivity index (χ0n) is 12.7. The third-order valence-corrected chi connectivity index (χ3v) is 4.00. The Balaban J connectivity index is 2.44. The Hall–Kier alpha value is -1.59. The predicted molar refractivity (Wildman–Crippen MR) is 76.6 cm³/mol. The van der Waals surface area contributed by atoms with Crippen molar-refractivity contribution in [3.63, 3.8) is 0 Å². The molecule has 0 aromatic heterocycles. The Morgan fingerprint density at radius 3 is 2.24 bits per heavy atom. The highest BCUT2D eigenvalue weighted by Gasteiger charge is 2.38. The molecule has 0 aliphatic heterocycles. The number of hydrogen-bond acceptors (Lipinski definition) is 4. The largest absolute Gasteiger partial charge is 0.481 e. The first-order chi connectivity index (χ1) is 10.00. The molecule has 0 heterocycles. The maximum Gasteiger partial charge on any atom is 0.311 e. The molecule has 0 unspecified atom stereocenters. The lowest BCUT2D eigenvalue weighted by atomic mass is 9.80. The van der Waals surface area contributed by atoms with Gasteiger partial charge in [0.05, 0.1) is 18.4 Å². The topological polar surface area (TPSA) is 92.7 Å². The second kappa shape index (κ2) is 8.64. The summed E-state index contributed by atoms with van der Waals surface area (Å²) < 4.78 is 4.75. The molecule has 1 aliphatic carbocycles. The van der Waals surface area contributed by atoms with Crippen LogP contribution in [0.5, 0.6) is 0 Å². The third-order valence-electron chi connectivity index (χ3n) is 4.00. The number of amides is 1. The van der Waals surface area contributed by atoms with E-state index in [1.54, 1.807) is 6.92 Å². The molecular formula is C15H25NO5. The minimum absolute atomic E-state index is 0.0275. The van der Waals surface area contributed by atoms with Crippen LogP contribution in [-0.2, 0) is 19.1 Å². The number of rotatable bonds is 7. The van der Waals surface area contributed by atoms with Gasteiger partial charge in [0.15, 0.2) is 0 Å². The minimum Gasteiger partial charge on any atom is -0.481 e. The van der Waals surface area contributed by atoms with Gasteiger partial charge in [-0.05, 0) is 19.8 Å². The van der Waals surface area contributed by atoms with Gasteiger partial charge in [-0.1, -0.05) is 25.7 Å². The number of carboxylic acid groups (broad SMARTS) is 1. The van der Waals surface area contributed by atoms with Crippen LogP contribution >= 0.6 is 0 Å². The molecule has 0 aromatic carbocycles. The van der Waals surface area contributed by atoms with Gasteiger partial charge in [-0.2, -0.15) is 0 Å². The highest BCUT2D eigenvalue weighted by molar-refractivity contribution is 5.82. The average molecular weight is 299 g/mol. The molecule has 21 heavy (non-hydrogen) atoms. The zero-order valence-corrected chi connectivity index (χ0v) is 12.7. The van der Waals surface area contributed by atoms with Gasteiger partial charge < -0.3 is 15.2 Å². The first-order valence-corrected chi connectivity index (χ1v) is 7.66. The van der Waals surface area contributed by atoms with Crippen molar-refractivity contribution in [1.82, 2.24) is 5.32 Å². The summed E-state index contributed by atoms with van der Waals surface area (Å²) in [6.45, 7) is 2.15. The third kappa shape index (κ3) is 5.73. The molecule has 1 rings (SSSR count). The van der Waals surface area contributed by atoms with Gasteiger partial charge in [-0.15, -0.1) is 0 Å². The highest BCUT2D eigenvalue weighted by atomic mass is 16.5. The number of carbonyl (C=O) groups excluding carboxylic acids is 2. The molecular weight excluding hydrogens is 274 g/mol. The van der Waals surface area contributed by atoms with E-state index >= 15 is 0 Å². The monoisotopic (exact) mass is 299 g/mol. The molecule has 1 fully saturated rings. The zero-order chi connectivity index (χ0) is 15.7. The molecule has 0 atom stereocenters. The number of ether oxygens (including phenoxy) is 1. The van der Waals surface area contributed by atoms with Crippen LogP contribution in [0, 0.1) is 5.41 Å². The number of carbonyl (C=O) groups is 3. The summed E-state index contributed by atoms with van der Waals surface area (Å²) in [7, 11) is 0. The van der Waals surface area contributed by atoms with E-state index in [2.05, 4.69) is 5.32 Å². The first kappa shape index (κ1) is 17.5. The molecule has 120 valence electrons. The van der Waals surface area contributed by atoms with Crippen molar-refractivity contribution in [3.8, 4) is 0 Å². The molecule has 6 nitrogen and oxygen atoms in total. The van der Waals surface area contributed by atoms with Gasteiger partial charge in [-0.25, -0.2) is 0 Å². The van der Waals surface area contributed by atoms with Gasteiger partial charge in [-0.3, -0.25) is 14.4 Å². The fourth-order valence-electron chi connectivity index (χ4n) is 2.68. The quantitative estimate of drug-likeness (QED) is 0.553. The minimum atomic E-state index is -0.851. The molecule has 0 spiro atoms. The molecule has 0 radical (unpaired) electrons. The van der Waals surface area contributed by atoms with Gasteiger partial charge in [0.1, 0.15) is 0 Å². The average Bonchev–Trinajstić information content (AvgIpc) is 2.70. The van der Waals surface area contributed by atoms with Crippen molar-refractivity contribution in [2.45, 2.75) is 58.3 Å². The van der Waals surface area contributed by atoms with Gasteiger partial charge in [0.25, 0.3) is 0 Å². The number of nitrogens with one attached hydrogen (secondary N) is 1. The van der Waals surface area contributed by atoms with Crippen molar-refractivity contribution < 1.29 is 24.2 Å². The second-order valence-electron chi connectivity index (χ2n) is 5.58. The maximum absolute atomic E-state index is 11.7. The molecule has 0 saturated heterocycles.